The molecule has 2 rings (SSSR count). The molecule has 0 saturated heterocycles. The third-order valence-corrected chi connectivity index (χ3v) is 2.28. The highest BCUT2D eigenvalue weighted by molar-refractivity contribution is 6.00. The Morgan fingerprint density at radius 2 is 1.88 bits per heavy atom. The summed E-state index contributed by atoms with van der Waals surface area (Å²) in [5.41, 5.74) is 6.30. The molecule has 5 nitrogen and oxygen atoms in total. The molecule has 1 aliphatic rings. The van der Waals surface area contributed by atoms with E-state index in [9.17, 15) is 4.79 Å². The van der Waals surface area contributed by atoms with E-state index in [1.165, 1.54) is 0 Å². The number of anilines is 1. The van der Waals surface area contributed by atoms with Crippen LogP contribution >= 0.6 is 0 Å². The summed E-state index contributed by atoms with van der Waals surface area (Å²) >= 11 is 0. The number of rotatable bonds is 1. The van der Waals surface area contributed by atoms with Crippen molar-refractivity contribution >= 4 is 11.6 Å². The second-order valence-corrected chi connectivity index (χ2v) is 5.00. The molecule has 0 spiro atoms. The molecule has 5 heteroatoms. The number of benzene rings is 1. The Morgan fingerprint density at radius 3 is 2.47 bits per heavy atom. The van der Waals surface area contributed by atoms with Crippen molar-refractivity contribution < 1.29 is 14.3 Å². The lowest BCUT2D eigenvalue weighted by atomic mass is 10.1. The van der Waals surface area contributed by atoms with E-state index in [4.69, 9.17) is 15.2 Å². The zero-order valence-corrected chi connectivity index (χ0v) is 10.2. The summed E-state index contributed by atoms with van der Waals surface area (Å²) in [5, 5.41) is 2.85. The van der Waals surface area contributed by atoms with E-state index >= 15 is 0 Å². The van der Waals surface area contributed by atoms with E-state index in [0.29, 0.717) is 22.7 Å². The van der Waals surface area contributed by atoms with E-state index in [1.54, 1.807) is 12.1 Å². The Morgan fingerprint density at radius 1 is 1.29 bits per heavy atom. The highest BCUT2D eigenvalue weighted by atomic mass is 16.7. The van der Waals surface area contributed by atoms with Crippen LogP contribution in [-0.2, 0) is 0 Å². The molecule has 1 amide bonds. The highest BCUT2D eigenvalue weighted by Gasteiger charge is 2.22. The summed E-state index contributed by atoms with van der Waals surface area (Å²) in [6.45, 7) is 5.90. The van der Waals surface area contributed by atoms with Gasteiger partial charge in [0.05, 0.1) is 5.56 Å². The van der Waals surface area contributed by atoms with Gasteiger partial charge in [-0.2, -0.15) is 0 Å². The Hall–Kier alpha value is -1.91. The molecule has 17 heavy (non-hydrogen) atoms. The predicted octanol–water partition coefficient (Wildman–Crippen LogP) is 1.53. The minimum Gasteiger partial charge on any atom is -0.454 e. The minimum absolute atomic E-state index is 0.166. The van der Waals surface area contributed by atoms with Gasteiger partial charge in [0.25, 0.3) is 5.91 Å². The topological polar surface area (TPSA) is 73.6 Å². The average molecular weight is 236 g/mol. The molecule has 92 valence electrons. The van der Waals surface area contributed by atoms with E-state index in [0.717, 1.165) is 0 Å². The van der Waals surface area contributed by atoms with Crippen LogP contribution in [0.2, 0.25) is 0 Å². The standard InChI is InChI=1S/C12H16N2O3/c1-12(2,3)14-11(15)7-4-9-10(5-8(7)13)17-6-16-9/h4-5H,6,13H2,1-3H3,(H,14,15). The molecule has 0 bridgehead atoms. The van der Waals surface area contributed by atoms with Crippen molar-refractivity contribution in [2.24, 2.45) is 0 Å². The maximum absolute atomic E-state index is 12.0. The van der Waals surface area contributed by atoms with E-state index < -0.39 is 0 Å². The van der Waals surface area contributed by atoms with Gasteiger partial charge in [-0.15, -0.1) is 0 Å². The Bertz CT molecular complexity index is 464. The number of carbonyl (C=O) groups excluding carboxylic acids is 1. The summed E-state index contributed by atoms with van der Waals surface area (Å²) in [5.74, 6) is 0.918. The molecule has 0 aliphatic carbocycles. The lowest BCUT2D eigenvalue weighted by Crippen LogP contribution is -2.40. The largest absolute Gasteiger partial charge is 0.454 e. The molecular formula is C12H16N2O3. The van der Waals surface area contributed by atoms with Gasteiger partial charge in [0, 0.05) is 17.3 Å². The number of carbonyl (C=O) groups is 1. The van der Waals surface area contributed by atoms with Gasteiger partial charge < -0.3 is 20.5 Å². The maximum atomic E-state index is 12.0. The van der Waals surface area contributed by atoms with Crippen LogP contribution in [0.3, 0.4) is 0 Å². The highest BCUT2D eigenvalue weighted by Crippen LogP contribution is 2.35. The Balaban J connectivity index is 2.30. The molecule has 3 N–H and O–H groups in total. The molecule has 1 heterocycles. The third-order valence-electron chi connectivity index (χ3n) is 2.28. The van der Waals surface area contributed by atoms with Crippen molar-refractivity contribution in [1.29, 1.82) is 0 Å². The van der Waals surface area contributed by atoms with Crippen LogP contribution in [0.15, 0.2) is 12.1 Å². The number of hydrogen-bond donors (Lipinski definition) is 2. The molecule has 0 aromatic heterocycles. The Labute approximate surface area is 99.9 Å². The first-order chi connectivity index (χ1) is 7.87. The zero-order valence-electron chi connectivity index (χ0n) is 10.2. The van der Waals surface area contributed by atoms with Crippen molar-refractivity contribution in [1.82, 2.24) is 5.32 Å². The average Bonchev–Trinajstić information content (AvgIpc) is 2.60. The van der Waals surface area contributed by atoms with Crippen molar-refractivity contribution in [3.8, 4) is 11.5 Å². The van der Waals surface area contributed by atoms with Crippen LogP contribution < -0.4 is 20.5 Å². The van der Waals surface area contributed by atoms with Gasteiger partial charge in [-0.3, -0.25) is 4.79 Å². The van der Waals surface area contributed by atoms with Crippen molar-refractivity contribution in [3.63, 3.8) is 0 Å². The molecule has 0 saturated carbocycles. The van der Waals surface area contributed by atoms with E-state index in [1.807, 2.05) is 20.8 Å². The maximum Gasteiger partial charge on any atom is 0.253 e. The van der Waals surface area contributed by atoms with Gasteiger partial charge >= 0.3 is 0 Å². The van der Waals surface area contributed by atoms with Crippen molar-refractivity contribution in [3.05, 3.63) is 17.7 Å². The fourth-order valence-electron chi connectivity index (χ4n) is 1.56. The lowest BCUT2D eigenvalue weighted by molar-refractivity contribution is 0.0920. The molecule has 1 aliphatic heterocycles. The number of fused-ring (bicyclic) bond motifs is 1. The normalized spacial score (nSPS) is 13.6. The van der Waals surface area contributed by atoms with Gasteiger partial charge in [-0.1, -0.05) is 0 Å². The number of nitrogen functional groups attached to an aromatic ring is 1. The molecule has 1 aromatic rings. The predicted molar refractivity (Wildman–Crippen MR) is 64.2 cm³/mol. The van der Waals surface area contributed by atoms with Crippen LogP contribution in [0.25, 0.3) is 0 Å². The number of nitrogens with two attached hydrogens (primary N) is 1. The molecular weight excluding hydrogens is 220 g/mol. The zero-order chi connectivity index (χ0) is 12.6. The molecule has 0 radical (unpaired) electrons. The monoisotopic (exact) mass is 236 g/mol. The molecule has 0 atom stereocenters. The molecule has 0 unspecified atom stereocenters. The van der Waals surface area contributed by atoms with Crippen LogP contribution in [0.4, 0.5) is 5.69 Å². The second kappa shape index (κ2) is 3.84. The summed E-state index contributed by atoms with van der Waals surface area (Å²) < 4.78 is 10.4. The first-order valence-corrected chi connectivity index (χ1v) is 5.38. The first kappa shape index (κ1) is 11.6. The summed E-state index contributed by atoms with van der Waals surface area (Å²) in [6, 6.07) is 3.22. The van der Waals surface area contributed by atoms with E-state index in [2.05, 4.69) is 5.32 Å². The first-order valence-electron chi connectivity index (χ1n) is 5.38. The fourth-order valence-corrected chi connectivity index (χ4v) is 1.56. The Kier molecular flexibility index (Phi) is 2.61. The van der Waals surface area contributed by atoms with Gasteiger partial charge in [0.1, 0.15) is 0 Å². The van der Waals surface area contributed by atoms with Gasteiger partial charge in [-0.05, 0) is 26.8 Å². The van der Waals surface area contributed by atoms with Gasteiger partial charge in [0.15, 0.2) is 11.5 Å². The number of amides is 1. The van der Waals surface area contributed by atoms with Crippen LogP contribution in [0.5, 0.6) is 11.5 Å². The summed E-state index contributed by atoms with van der Waals surface area (Å²) in [4.78, 5) is 12.0. The lowest BCUT2D eigenvalue weighted by Gasteiger charge is -2.21. The van der Waals surface area contributed by atoms with Crippen LogP contribution in [0, 0.1) is 0 Å². The van der Waals surface area contributed by atoms with Crippen molar-refractivity contribution in [2.45, 2.75) is 26.3 Å². The van der Waals surface area contributed by atoms with E-state index in [-0.39, 0.29) is 18.2 Å². The minimum atomic E-state index is -0.306. The van der Waals surface area contributed by atoms with Gasteiger partial charge in [0.2, 0.25) is 6.79 Å². The quantitative estimate of drug-likeness (QED) is 0.725. The fraction of sp³-hybridized carbons (Fsp3) is 0.417. The van der Waals surface area contributed by atoms with Crippen molar-refractivity contribution in [2.75, 3.05) is 12.5 Å². The second-order valence-electron chi connectivity index (χ2n) is 5.00. The molecule has 1 aromatic carbocycles. The third kappa shape index (κ3) is 2.43. The SMILES string of the molecule is CC(C)(C)NC(=O)c1cc2c(cc1N)OCO2. The number of ether oxygens (including phenoxy) is 2. The smallest absolute Gasteiger partial charge is 0.253 e. The van der Waals surface area contributed by atoms with Gasteiger partial charge in [-0.25, -0.2) is 0 Å². The van der Waals surface area contributed by atoms with Crippen LogP contribution in [-0.4, -0.2) is 18.2 Å². The number of hydrogen-bond acceptors (Lipinski definition) is 4. The summed E-state index contributed by atoms with van der Waals surface area (Å²) in [7, 11) is 0. The summed E-state index contributed by atoms with van der Waals surface area (Å²) in [6.07, 6.45) is 0. The number of nitrogens with one attached hydrogen (secondary N) is 1. The van der Waals surface area contributed by atoms with Crippen LogP contribution in [0.1, 0.15) is 31.1 Å². The molecule has 0 fully saturated rings.